The minimum absolute atomic E-state index is 0.188. The van der Waals surface area contributed by atoms with Gasteiger partial charge in [0, 0.05) is 11.1 Å². The van der Waals surface area contributed by atoms with Crippen LogP contribution in [0, 0.1) is 6.92 Å². The number of halogens is 1. The lowest BCUT2D eigenvalue weighted by molar-refractivity contribution is -0.128. The third-order valence-corrected chi connectivity index (χ3v) is 3.33. The molecular formula is C18H17ClN2O3. The molecule has 0 aliphatic rings. The number of hydrogen-bond acceptors (Lipinski definition) is 3. The number of hydrogen-bond donors (Lipinski definition) is 2. The smallest absolute Gasteiger partial charge is 0.276 e. The normalized spacial score (nSPS) is 10.4. The number of benzene rings is 2. The number of hydrazine groups is 1. The molecule has 2 rings (SSSR count). The molecule has 0 spiro atoms. The summed E-state index contributed by atoms with van der Waals surface area (Å²) in [5.41, 5.74) is 6.32. The van der Waals surface area contributed by atoms with E-state index in [4.69, 9.17) is 16.3 Å². The van der Waals surface area contributed by atoms with Crippen LogP contribution in [0.4, 0.5) is 0 Å². The molecule has 6 heteroatoms. The average molecular weight is 345 g/mol. The van der Waals surface area contributed by atoms with Crippen LogP contribution >= 0.6 is 11.6 Å². The Morgan fingerprint density at radius 2 is 1.79 bits per heavy atom. The highest BCUT2D eigenvalue weighted by Gasteiger charge is 2.05. The second-order valence-electron chi connectivity index (χ2n) is 4.98. The molecule has 0 atom stereocenters. The van der Waals surface area contributed by atoms with Crippen molar-refractivity contribution in [3.63, 3.8) is 0 Å². The van der Waals surface area contributed by atoms with Crippen molar-refractivity contribution in [2.24, 2.45) is 0 Å². The van der Waals surface area contributed by atoms with Gasteiger partial charge in [0.2, 0.25) is 0 Å². The predicted molar refractivity (Wildman–Crippen MR) is 93.4 cm³/mol. The first-order chi connectivity index (χ1) is 11.5. The first-order valence-electron chi connectivity index (χ1n) is 7.25. The number of ether oxygens (including phenoxy) is 1. The molecule has 0 aliphatic carbocycles. The van der Waals surface area contributed by atoms with E-state index < -0.39 is 11.8 Å². The van der Waals surface area contributed by atoms with E-state index in [0.717, 1.165) is 11.1 Å². The van der Waals surface area contributed by atoms with E-state index in [1.807, 2.05) is 25.1 Å². The quantitative estimate of drug-likeness (QED) is 0.647. The second kappa shape index (κ2) is 8.74. The van der Waals surface area contributed by atoms with Crippen molar-refractivity contribution in [3.05, 3.63) is 70.8 Å². The summed E-state index contributed by atoms with van der Waals surface area (Å²) in [5, 5.41) is 0.623. The molecule has 0 saturated carbocycles. The van der Waals surface area contributed by atoms with E-state index in [1.54, 1.807) is 36.4 Å². The standard InChI is InChI=1S/C18H17ClN2O3/c1-13-4-2-3-5-16(13)24-12-18(23)21-20-17(22)11-8-14-6-9-15(19)10-7-14/h2-11H,12H2,1H3,(H,20,22)(H,21,23)/b11-8+. The zero-order valence-electron chi connectivity index (χ0n) is 13.1. The summed E-state index contributed by atoms with van der Waals surface area (Å²) in [6.07, 6.45) is 2.92. The van der Waals surface area contributed by atoms with Gasteiger partial charge in [0.15, 0.2) is 6.61 Å². The van der Waals surface area contributed by atoms with Gasteiger partial charge in [-0.25, -0.2) is 0 Å². The van der Waals surface area contributed by atoms with Crippen LogP contribution in [-0.4, -0.2) is 18.4 Å². The van der Waals surface area contributed by atoms with Gasteiger partial charge in [0.1, 0.15) is 5.75 Å². The zero-order chi connectivity index (χ0) is 17.4. The minimum Gasteiger partial charge on any atom is -0.483 e. The molecule has 5 nitrogen and oxygen atoms in total. The zero-order valence-corrected chi connectivity index (χ0v) is 13.8. The summed E-state index contributed by atoms with van der Waals surface area (Å²) < 4.78 is 5.38. The lowest BCUT2D eigenvalue weighted by Crippen LogP contribution is -2.43. The number of carbonyl (C=O) groups excluding carboxylic acids is 2. The third-order valence-electron chi connectivity index (χ3n) is 3.07. The largest absolute Gasteiger partial charge is 0.483 e. The van der Waals surface area contributed by atoms with Gasteiger partial charge in [0.25, 0.3) is 11.8 Å². The molecule has 0 unspecified atom stereocenters. The van der Waals surface area contributed by atoms with Crippen LogP contribution in [0.1, 0.15) is 11.1 Å². The molecule has 2 N–H and O–H groups in total. The summed E-state index contributed by atoms with van der Waals surface area (Å²) >= 11 is 5.78. The van der Waals surface area contributed by atoms with Crippen molar-refractivity contribution in [2.75, 3.05) is 6.61 Å². The van der Waals surface area contributed by atoms with Gasteiger partial charge in [-0.15, -0.1) is 0 Å². The maximum absolute atomic E-state index is 11.7. The molecule has 2 aromatic rings. The van der Waals surface area contributed by atoms with Crippen LogP contribution in [-0.2, 0) is 9.59 Å². The monoisotopic (exact) mass is 344 g/mol. The molecule has 0 aromatic heterocycles. The number of para-hydroxylation sites is 1. The van der Waals surface area contributed by atoms with Gasteiger partial charge in [-0.3, -0.25) is 20.4 Å². The average Bonchev–Trinajstić information content (AvgIpc) is 2.58. The Bertz CT molecular complexity index is 742. The fraction of sp³-hybridized carbons (Fsp3) is 0.111. The van der Waals surface area contributed by atoms with Crippen molar-refractivity contribution < 1.29 is 14.3 Å². The molecule has 0 bridgehead atoms. The first kappa shape index (κ1) is 17.6. The van der Waals surface area contributed by atoms with E-state index in [9.17, 15) is 9.59 Å². The van der Waals surface area contributed by atoms with Gasteiger partial charge in [-0.2, -0.15) is 0 Å². The topological polar surface area (TPSA) is 67.4 Å². The number of rotatable bonds is 5. The first-order valence-corrected chi connectivity index (χ1v) is 7.63. The van der Waals surface area contributed by atoms with Gasteiger partial charge < -0.3 is 4.74 Å². The molecule has 0 fully saturated rings. The highest BCUT2D eigenvalue weighted by molar-refractivity contribution is 6.30. The molecule has 0 aliphatic heterocycles. The lowest BCUT2D eigenvalue weighted by atomic mass is 10.2. The number of carbonyl (C=O) groups is 2. The van der Waals surface area contributed by atoms with Crippen LogP contribution in [0.25, 0.3) is 6.08 Å². The highest BCUT2D eigenvalue weighted by Crippen LogP contribution is 2.15. The molecule has 24 heavy (non-hydrogen) atoms. The van der Waals surface area contributed by atoms with E-state index in [-0.39, 0.29) is 6.61 Å². The van der Waals surface area contributed by atoms with Crippen LogP contribution in [0.2, 0.25) is 5.02 Å². The molecule has 2 aromatic carbocycles. The number of amides is 2. The van der Waals surface area contributed by atoms with Crippen LogP contribution in [0.15, 0.2) is 54.6 Å². The van der Waals surface area contributed by atoms with Gasteiger partial charge >= 0.3 is 0 Å². The van der Waals surface area contributed by atoms with Crippen LogP contribution < -0.4 is 15.6 Å². The Morgan fingerprint density at radius 1 is 1.08 bits per heavy atom. The summed E-state index contributed by atoms with van der Waals surface area (Å²) in [5.74, 6) is -0.276. The van der Waals surface area contributed by atoms with Crippen molar-refractivity contribution in [1.29, 1.82) is 0 Å². The molecule has 0 saturated heterocycles. The Hall–Kier alpha value is -2.79. The van der Waals surface area contributed by atoms with E-state index in [0.29, 0.717) is 10.8 Å². The Balaban J connectivity index is 1.74. The third kappa shape index (κ3) is 5.78. The van der Waals surface area contributed by atoms with Crippen molar-refractivity contribution in [1.82, 2.24) is 10.9 Å². The maximum atomic E-state index is 11.7. The van der Waals surface area contributed by atoms with E-state index in [2.05, 4.69) is 10.9 Å². The second-order valence-corrected chi connectivity index (χ2v) is 5.41. The lowest BCUT2D eigenvalue weighted by Gasteiger charge is -2.09. The van der Waals surface area contributed by atoms with Crippen molar-refractivity contribution in [3.8, 4) is 5.75 Å². The highest BCUT2D eigenvalue weighted by atomic mass is 35.5. The summed E-state index contributed by atoms with van der Waals surface area (Å²) in [6, 6.07) is 14.4. The summed E-state index contributed by atoms with van der Waals surface area (Å²) in [7, 11) is 0. The minimum atomic E-state index is -0.452. The predicted octanol–water partition coefficient (Wildman–Crippen LogP) is 2.89. The molecule has 2 amide bonds. The fourth-order valence-electron chi connectivity index (χ4n) is 1.82. The molecular weight excluding hydrogens is 328 g/mol. The number of aryl methyl sites for hydroxylation is 1. The number of nitrogens with one attached hydrogen (secondary N) is 2. The molecule has 0 heterocycles. The van der Waals surface area contributed by atoms with Crippen molar-refractivity contribution >= 4 is 29.5 Å². The van der Waals surface area contributed by atoms with Crippen LogP contribution in [0.3, 0.4) is 0 Å². The van der Waals surface area contributed by atoms with Gasteiger partial charge in [-0.05, 0) is 42.3 Å². The van der Waals surface area contributed by atoms with Gasteiger partial charge in [-0.1, -0.05) is 41.9 Å². The van der Waals surface area contributed by atoms with E-state index in [1.165, 1.54) is 6.08 Å². The Morgan fingerprint density at radius 3 is 2.50 bits per heavy atom. The summed E-state index contributed by atoms with van der Waals surface area (Å²) in [6.45, 7) is 1.70. The summed E-state index contributed by atoms with van der Waals surface area (Å²) in [4.78, 5) is 23.3. The Labute approximate surface area is 145 Å². The SMILES string of the molecule is Cc1ccccc1OCC(=O)NNC(=O)/C=C/c1ccc(Cl)cc1. The van der Waals surface area contributed by atoms with Crippen LogP contribution in [0.5, 0.6) is 5.75 Å². The Kier molecular flexibility index (Phi) is 6.40. The van der Waals surface area contributed by atoms with Crippen molar-refractivity contribution in [2.45, 2.75) is 6.92 Å². The maximum Gasteiger partial charge on any atom is 0.276 e. The fourth-order valence-corrected chi connectivity index (χ4v) is 1.94. The van der Waals surface area contributed by atoms with Gasteiger partial charge in [0.05, 0.1) is 0 Å². The molecule has 124 valence electrons. The van der Waals surface area contributed by atoms with E-state index >= 15 is 0 Å². The molecule has 0 radical (unpaired) electrons.